The van der Waals surface area contributed by atoms with Gasteiger partial charge in [-0.25, -0.2) is 13.4 Å². The molecule has 1 aliphatic rings. The van der Waals surface area contributed by atoms with Gasteiger partial charge in [-0.05, 0) is 26.2 Å². The summed E-state index contributed by atoms with van der Waals surface area (Å²) in [4.78, 5) is 16.8. The van der Waals surface area contributed by atoms with Gasteiger partial charge in [0.25, 0.3) is 5.84 Å². The van der Waals surface area contributed by atoms with E-state index in [0.29, 0.717) is 25.9 Å². The van der Waals surface area contributed by atoms with E-state index in [1.807, 2.05) is 19.1 Å². The summed E-state index contributed by atoms with van der Waals surface area (Å²) >= 11 is 0. The molecule has 0 aromatic rings. The Bertz CT molecular complexity index is 608. The minimum atomic E-state index is -4.57. The summed E-state index contributed by atoms with van der Waals surface area (Å²) in [7, 11) is -4.57. The summed E-state index contributed by atoms with van der Waals surface area (Å²) in [6, 6.07) is 0. The van der Waals surface area contributed by atoms with Crippen LogP contribution in [0.5, 0.6) is 0 Å². The Morgan fingerprint density at radius 2 is 2.12 bits per heavy atom. The molecule has 8 nitrogen and oxygen atoms in total. The Balaban J connectivity index is 0.00000625. The minimum absolute atomic E-state index is 0. The van der Waals surface area contributed by atoms with Gasteiger partial charge >= 0.3 is 29.6 Å². The van der Waals surface area contributed by atoms with Gasteiger partial charge in [0.2, 0.25) is 5.78 Å². The van der Waals surface area contributed by atoms with Crippen LogP contribution in [0.25, 0.3) is 0 Å². The molecule has 26 heavy (non-hydrogen) atoms. The first-order valence-electron chi connectivity index (χ1n) is 8.52. The molecule has 0 saturated heterocycles. The van der Waals surface area contributed by atoms with Crippen molar-refractivity contribution in [1.82, 2.24) is 0 Å². The SMILES string of the molecule is C/C=C/CCCCC(=O)C1=NCC[N+]1(CCO)CC(O)CS(=O)(=O)[O-].[Na+]. The van der Waals surface area contributed by atoms with E-state index in [9.17, 15) is 28.0 Å². The first-order valence-corrected chi connectivity index (χ1v) is 10.1. The van der Waals surface area contributed by atoms with Crippen molar-refractivity contribution in [1.29, 1.82) is 0 Å². The molecule has 0 aromatic carbocycles. The summed E-state index contributed by atoms with van der Waals surface area (Å²) in [5, 5.41) is 19.3. The normalized spacial score (nSPS) is 21.5. The number of rotatable bonds is 12. The maximum Gasteiger partial charge on any atom is 1.00 e. The Labute approximate surface area is 177 Å². The average molecular weight is 399 g/mol. The smallest absolute Gasteiger partial charge is 0.748 e. The molecule has 144 valence electrons. The number of unbranched alkanes of at least 4 members (excludes halogenated alkanes) is 2. The van der Waals surface area contributed by atoms with E-state index in [1.54, 1.807) is 0 Å². The van der Waals surface area contributed by atoms with E-state index in [4.69, 9.17) is 0 Å². The predicted molar refractivity (Wildman–Crippen MR) is 93.1 cm³/mol. The number of carbonyl (C=O) groups is 1. The number of amidine groups is 1. The molecule has 0 bridgehead atoms. The molecule has 1 rings (SSSR count). The third-order valence-corrected chi connectivity index (χ3v) is 5.03. The second-order valence-electron chi connectivity index (χ2n) is 6.32. The number of aliphatic hydroxyl groups excluding tert-OH is 2. The zero-order chi connectivity index (χ0) is 18.9. The first kappa shape index (κ1) is 25.9. The Kier molecular flexibility index (Phi) is 12.3. The van der Waals surface area contributed by atoms with Gasteiger partial charge < -0.3 is 14.8 Å². The van der Waals surface area contributed by atoms with E-state index in [1.165, 1.54) is 0 Å². The summed E-state index contributed by atoms with van der Waals surface area (Å²) in [6.45, 7) is 2.51. The van der Waals surface area contributed by atoms with Gasteiger partial charge in [-0.15, -0.1) is 0 Å². The molecule has 10 heteroatoms. The third-order valence-electron chi connectivity index (χ3n) is 4.23. The quantitative estimate of drug-likeness (QED) is 0.117. The van der Waals surface area contributed by atoms with Crippen molar-refractivity contribution in [2.75, 3.05) is 38.5 Å². The van der Waals surface area contributed by atoms with Gasteiger partial charge in [0.15, 0.2) is 0 Å². The van der Waals surface area contributed by atoms with Crippen LogP contribution in [-0.4, -0.2) is 83.9 Å². The van der Waals surface area contributed by atoms with Crippen LogP contribution in [0.1, 0.15) is 32.6 Å². The maximum absolute atomic E-state index is 12.5. The largest absolute Gasteiger partial charge is 1.00 e. The number of aliphatic imine (C=N–C) groups is 1. The van der Waals surface area contributed by atoms with Gasteiger partial charge in [0.1, 0.15) is 25.7 Å². The van der Waals surface area contributed by atoms with Crippen LogP contribution < -0.4 is 29.6 Å². The number of Topliss-reactive ketones (excluding diaryl/α,β-unsaturated/α-hetero) is 1. The van der Waals surface area contributed by atoms with Crippen LogP contribution in [0.3, 0.4) is 0 Å². The number of allylic oxidation sites excluding steroid dienone is 2. The number of hydrogen-bond acceptors (Lipinski definition) is 7. The summed E-state index contributed by atoms with van der Waals surface area (Å²) in [5.74, 6) is -0.797. The minimum Gasteiger partial charge on any atom is -0.748 e. The van der Waals surface area contributed by atoms with Crippen molar-refractivity contribution in [2.45, 2.75) is 38.7 Å². The van der Waals surface area contributed by atoms with Crippen LogP contribution in [0.4, 0.5) is 0 Å². The topological polar surface area (TPSA) is 127 Å². The van der Waals surface area contributed by atoms with Gasteiger partial charge in [-0.1, -0.05) is 12.2 Å². The average Bonchev–Trinajstić information content (AvgIpc) is 2.88. The van der Waals surface area contributed by atoms with Gasteiger partial charge in [-0.3, -0.25) is 9.28 Å². The van der Waals surface area contributed by atoms with Crippen molar-refractivity contribution in [3.8, 4) is 0 Å². The van der Waals surface area contributed by atoms with Crippen LogP contribution in [0, 0.1) is 0 Å². The second kappa shape index (κ2) is 12.4. The van der Waals surface area contributed by atoms with E-state index in [0.717, 1.165) is 12.8 Å². The van der Waals surface area contributed by atoms with Crippen molar-refractivity contribution < 1.29 is 62.0 Å². The molecule has 0 saturated carbocycles. The van der Waals surface area contributed by atoms with Crippen LogP contribution >= 0.6 is 0 Å². The standard InChI is InChI=1S/C16H28N2O6S.Na/c1-2-3-4-5-6-7-15(21)16-17-8-9-18(16,10-11-19)12-14(20)13-25(22,23)24;/h2-3,14,19-20H,4-13H2,1H3;/q;+1/b3-2+;. The van der Waals surface area contributed by atoms with Crippen LogP contribution in [0.15, 0.2) is 17.1 Å². The fourth-order valence-electron chi connectivity index (χ4n) is 3.15. The van der Waals surface area contributed by atoms with Crippen LogP contribution in [0.2, 0.25) is 0 Å². The van der Waals surface area contributed by atoms with Gasteiger partial charge in [-0.2, -0.15) is 0 Å². The number of hydrogen-bond donors (Lipinski definition) is 2. The second-order valence-corrected chi connectivity index (χ2v) is 7.77. The first-order chi connectivity index (χ1) is 11.7. The molecule has 0 aromatic heterocycles. The molecule has 1 heterocycles. The number of aliphatic hydroxyl groups is 2. The molecule has 0 aliphatic carbocycles. The molecular weight excluding hydrogens is 371 g/mol. The van der Waals surface area contributed by atoms with E-state index in [-0.39, 0.29) is 65.4 Å². The maximum atomic E-state index is 12.5. The predicted octanol–water partition coefficient (Wildman–Crippen LogP) is -3.18. The van der Waals surface area contributed by atoms with Crippen LogP contribution in [-0.2, 0) is 14.9 Å². The number of ketones is 1. The molecule has 0 fully saturated rings. The Hall–Kier alpha value is -0.130. The number of nitrogens with zero attached hydrogens (tertiary/aromatic N) is 2. The third kappa shape index (κ3) is 8.71. The fourth-order valence-corrected chi connectivity index (χ4v) is 3.73. The number of quaternary nitrogens is 1. The van der Waals surface area contributed by atoms with Crippen molar-refractivity contribution in [3.63, 3.8) is 0 Å². The zero-order valence-electron chi connectivity index (χ0n) is 15.6. The fraction of sp³-hybridized carbons (Fsp3) is 0.750. The van der Waals surface area contributed by atoms with Gasteiger partial charge in [0, 0.05) is 6.42 Å². The molecule has 2 N–H and O–H groups in total. The molecule has 2 atom stereocenters. The van der Waals surface area contributed by atoms with Gasteiger partial charge in [0.05, 0.1) is 29.0 Å². The molecule has 0 radical (unpaired) electrons. The number of carbonyl (C=O) groups excluding carboxylic acids is 1. The molecule has 0 spiro atoms. The van der Waals surface area contributed by atoms with Crippen molar-refractivity contribution >= 4 is 21.7 Å². The zero-order valence-corrected chi connectivity index (χ0v) is 18.4. The molecule has 0 amide bonds. The summed E-state index contributed by atoms with van der Waals surface area (Å²) < 4.78 is 32.5. The summed E-state index contributed by atoms with van der Waals surface area (Å²) in [6.07, 6.45) is 5.38. The Morgan fingerprint density at radius 1 is 1.42 bits per heavy atom. The van der Waals surface area contributed by atoms with Crippen molar-refractivity contribution in [2.24, 2.45) is 4.99 Å². The Morgan fingerprint density at radius 3 is 2.69 bits per heavy atom. The van der Waals surface area contributed by atoms with E-state index in [2.05, 4.69) is 4.99 Å². The van der Waals surface area contributed by atoms with E-state index < -0.39 is 22.0 Å². The molecule has 2 unspecified atom stereocenters. The monoisotopic (exact) mass is 399 g/mol. The molecule has 1 aliphatic heterocycles. The molecular formula is C16H28N2NaO6S+. The summed E-state index contributed by atoms with van der Waals surface area (Å²) in [5.41, 5.74) is 0. The van der Waals surface area contributed by atoms with Crippen molar-refractivity contribution in [3.05, 3.63) is 12.2 Å². The van der Waals surface area contributed by atoms with E-state index >= 15 is 0 Å².